The van der Waals surface area contributed by atoms with Gasteiger partial charge in [0.2, 0.25) is 0 Å². The standard InChI is InChI=1S/C23H18N2O/c1-16-11-13-17(14-12-16)18-6-4-8-20-19(18)7-5-10-21(20)25-23(26)22-9-2-3-15-24-22/h2-15H,1H3,(H,25,26). The second-order valence-corrected chi connectivity index (χ2v) is 6.24. The molecule has 0 aliphatic carbocycles. The number of pyridine rings is 1. The largest absolute Gasteiger partial charge is 0.320 e. The van der Waals surface area contributed by atoms with E-state index in [2.05, 4.69) is 53.6 Å². The minimum absolute atomic E-state index is 0.209. The van der Waals surface area contributed by atoms with Gasteiger partial charge in [-0.3, -0.25) is 9.78 Å². The van der Waals surface area contributed by atoms with Gasteiger partial charge in [0.15, 0.2) is 0 Å². The van der Waals surface area contributed by atoms with Crippen LogP contribution in [0.3, 0.4) is 0 Å². The molecule has 0 unspecified atom stereocenters. The van der Waals surface area contributed by atoms with Crippen LogP contribution < -0.4 is 5.32 Å². The molecule has 0 radical (unpaired) electrons. The first-order valence-corrected chi connectivity index (χ1v) is 8.53. The summed E-state index contributed by atoms with van der Waals surface area (Å²) in [5, 5.41) is 5.10. The lowest BCUT2D eigenvalue weighted by Gasteiger charge is -2.12. The number of fused-ring (bicyclic) bond motifs is 1. The predicted octanol–water partition coefficient (Wildman–Crippen LogP) is 5.46. The summed E-state index contributed by atoms with van der Waals surface area (Å²) in [6.07, 6.45) is 1.62. The van der Waals surface area contributed by atoms with E-state index in [1.165, 1.54) is 5.56 Å². The van der Waals surface area contributed by atoms with E-state index in [1.807, 2.05) is 24.3 Å². The Hall–Kier alpha value is -3.46. The average molecular weight is 338 g/mol. The van der Waals surface area contributed by atoms with Crippen molar-refractivity contribution in [2.75, 3.05) is 5.32 Å². The fourth-order valence-corrected chi connectivity index (χ4v) is 3.09. The van der Waals surface area contributed by atoms with Gasteiger partial charge in [0, 0.05) is 17.3 Å². The van der Waals surface area contributed by atoms with E-state index in [-0.39, 0.29) is 5.91 Å². The highest BCUT2D eigenvalue weighted by Gasteiger charge is 2.11. The van der Waals surface area contributed by atoms with Crippen LogP contribution in [0, 0.1) is 6.92 Å². The third kappa shape index (κ3) is 3.07. The maximum Gasteiger partial charge on any atom is 0.274 e. The molecule has 0 saturated carbocycles. The number of carbonyl (C=O) groups is 1. The maximum absolute atomic E-state index is 12.5. The van der Waals surface area contributed by atoms with Gasteiger partial charge < -0.3 is 5.32 Å². The van der Waals surface area contributed by atoms with Gasteiger partial charge in [0.05, 0.1) is 0 Å². The number of nitrogens with one attached hydrogen (secondary N) is 1. The van der Waals surface area contributed by atoms with Gasteiger partial charge in [-0.15, -0.1) is 0 Å². The Morgan fingerprint density at radius 3 is 2.35 bits per heavy atom. The summed E-state index contributed by atoms with van der Waals surface area (Å²) >= 11 is 0. The normalized spacial score (nSPS) is 10.7. The number of nitrogens with zero attached hydrogens (tertiary/aromatic N) is 1. The van der Waals surface area contributed by atoms with E-state index in [1.54, 1.807) is 24.4 Å². The number of amides is 1. The van der Waals surface area contributed by atoms with Gasteiger partial charge in [0.25, 0.3) is 5.91 Å². The fourth-order valence-electron chi connectivity index (χ4n) is 3.09. The number of carbonyl (C=O) groups excluding carboxylic acids is 1. The van der Waals surface area contributed by atoms with Gasteiger partial charge >= 0.3 is 0 Å². The van der Waals surface area contributed by atoms with Crippen molar-refractivity contribution >= 4 is 22.4 Å². The lowest BCUT2D eigenvalue weighted by Crippen LogP contribution is -2.13. The summed E-state index contributed by atoms with van der Waals surface area (Å²) < 4.78 is 0. The number of anilines is 1. The van der Waals surface area contributed by atoms with E-state index >= 15 is 0 Å². The summed E-state index contributed by atoms with van der Waals surface area (Å²) in [6.45, 7) is 2.08. The number of hydrogen-bond donors (Lipinski definition) is 1. The van der Waals surface area contributed by atoms with E-state index in [0.717, 1.165) is 27.6 Å². The third-order valence-electron chi connectivity index (χ3n) is 4.43. The highest BCUT2D eigenvalue weighted by Crippen LogP contribution is 2.32. The van der Waals surface area contributed by atoms with E-state index < -0.39 is 0 Å². The number of hydrogen-bond acceptors (Lipinski definition) is 2. The van der Waals surface area contributed by atoms with E-state index in [4.69, 9.17) is 0 Å². The van der Waals surface area contributed by atoms with Crippen LogP contribution in [0.1, 0.15) is 16.1 Å². The Bertz CT molecular complexity index is 1070. The van der Waals surface area contributed by atoms with Crippen LogP contribution in [-0.2, 0) is 0 Å². The number of rotatable bonds is 3. The van der Waals surface area contributed by atoms with Crippen LogP contribution in [0.2, 0.25) is 0 Å². The van der Waals surface area contributed by atoms with Gasteiger partial charge in [-0.25, -0.2) is 0 Å². The zero-order valence-corrected chi connectivity index (χ0v) is 14.4. The average Bonchev–Trinajstić information content (AvgIpc) is 2.69. The van der Waals surface area contributed by atoms with Crippen LogP contribution >= 0.6 is 0 Å². The van der Waals surface area contributed by atoms with Crippen molar-refractivity contribution in [1.29, 1.82) is 0 Å². The first kappa shape index (κ1) is 16.0. The molecule has 1 N–H and O–H groups in total. The molecule has 0 aliphatic rings. The molecule has 0 fully saturated rings. The highest BCUT2D eigenvalue weighted by molar-refractivity contribution is 6.10. The van der Waals surface area contributed by atoms with Crippen LogP contribution in [0.4, 0.5) is 5.69 Å². The summed E-state index contributed by atoms with van der Waals surface area (Å²) in [5.74, 6) is -0.209. The molecule has 0 bridgehead atoms. The van der Waals surface area contributed by atoms with Crippen LogP contribution in [-0.4, -0.2) is 10.9 Å². The molecule has 26 heavy (non-hydrogen) atoms. The summed E-state index contributed by atoms with van der Waals surface area (Å²) in [5.41, 5.74) is 4.73. The van der Waals surface area contributed by atoms with Crippen molar-refractivity contribution < 1.29 is 4.79 Å². The van der Waals surface area contributed by atoms with Crippen molar-refractivity contribution in [3.8, 4) is 11.1 Å². The topological polar surface area (TPSA) is 42.0 Å². The van der Waals surface area contributed by atoms with Gasteiger partial charge in [-0.2, -0.15) is 0 Å². The third-order valence-corrected chi connectivity index (χ3v) is 4.43. The molecule has 0 aliphatic heterocycles. The summed E-state index contributed by atoms with van der Waals surface area (Å²) in [4.78, 5) is 16.6. The molecular weight excluding hydrogens is 320 g/mol. The SMILES string of the molecule is Cc1ccc(-c2cccc3c(NC(=O)c4ccccn4)cccc23)cc1. The molecule has 1 heterocycles. The molecule has 126 valence electrons. The van der Waals surface area contributed by atoms with Crippen molar-refractivity contribution in [1.82, 2.24) is 4.98 Å². The molecule has 3 aromatic carbocycles. The molecule has 0 atom stereocenters. The predicted molar refractivity (Wildman–Crippen MR) is 106 cm³/mol. The number of aromatic nitrogens is 1. The lowest BCUT2D eigenvalue weighted by molar-refractivity contribution is 0.102. The molecule has 1 amide bonds. The van der Waals surface area contributed by atoms with Gasteiger partial charge in [0.1, 0.15) is 5.69 Å². The summed E-state index contributed by atoms with van der Waals surface area (Å²) in [7, 11) is 0. The molecule has 3 heteroatoms. The van der Waals surface area contributed by atoms with Crippen molar-refractivity contribution in [3.05, 3.63) is 96.3 Å². The minimum Gasteiger partial charge on any atom is -0.320 e. The zero-order chi connectivity index (χ0) is 17.9. The number of benzene rings is 3. The van der Waals surface area contributed by atoms with Crippen LogP contribution in [0.25, 0.3) is 21.9 Å². The van der Waals surface area contributed by atoms with Gasteiger partial charge in [-0.1, -0.05) is 66.2 Å². The van der Waals surface area contributed by atoms with E-state index in [0.29, 0.717) is 5.69 Å². The molecule has 4 aromatic rings. The van der Waals surface area contributed by atoms with E-state index in [9.17, 15) is 4.79 Å². The second-order valence-electron chi connectivity index (χ2n) is 6.24. The summed E-state index contributed by atoms with van der Waals surface area (Å²) in [6, 6.07) is 25.9. The smallest absolute Gasteiger partial charge is 0.274 e. The molecular formula is C23H18N2O. The molecule has 4 rings (SSSR count). The Balaban J connectivity index is 1.77. The number of aryl methyl sites for hydroxylation is 1. The monoisotopic (exact) mass is 338 g/mol. The first-order chi connectivity index (χ1) is 12.7. The zero-order valence-electron chi connectivity index (χ0n) is 14.4. The van der Waals surface area contributed by atoms with Crippen molar-refractivity contribution in [2.24, 2.45) is 0 Å². The quantitative estimate of drug-likeness (QED) is 0.539. The molecule has 1 aromatic heterocycles. The minimum atomic E-state index is -0.209. The first-order valence-electron chi connectivity index (χ1n) is 8.53. The Morgan fingerprint density at radius 1 is 0.808 bits per heavy atom. The van der Waals surface area contributed by atoms with Gasteiger partial charge in [-0.05, 0) is 41.6 Å². The Labute approximate surface area is 152 Å². The molecule has 0 spiro atoms. The molecule has 3 nitrogen and oxygen atoms in total. The Morgan fingerprint density at radius 2 is 1.58 bits per heavy atom. The van der Waals surface area contributed by atoms with Crippen LogP contribution in [0.15, 0.2) is 85.1 Å². The van der Waals surface area contributed by atoms with Crippen molar-refractivity contribution in [3.63, 3.8) is 0 Å². The highest BCUT2D eigenvalue weighted by atomic mass is 16.1. The van der Waals surface area contributed by atoms with Crippen LogP contribution in [0.5, 0.6) is 0 Å². The lowest BCUT2D eigenvalue weighted by atomic mass is 9.97. The molecule has 0 saturated heterocycles. The Kier molecular flexibility index (Phi) is 4.20. The van der Waals surface area contributed by atoms with Crippen molar-refractivity contribution in [2.45, 2.75) is 6.92 Å². The second kappa shape index (κ2) is 6.81. The maximum atomic E-state index is 12.5. The fraction of sp³-hybridized carbons (Fsp3) is 0.0435.